The van der Waals surface area contributed by atoms with E-state index in [1.165, 1.54) is 0 Å². The molecule has 4 nitrogen and oxygen atoms in total. The van der Waals surface area contributed by atoms with Crippen LogP contribution in [0, 0.1) is 0 Å². The maximum atomic E-state index is 4.40. The Kier molecular flexibility index (Phi) is 3.08. The lowest BCUT2D eigenvalue weighted by Crippen LogP contribution is -2.64. The van der Waals surface area contributed by atoms with E-state index in [1.54, 1.807) is 0 Å². The molecular weight excluding hydrogens is 224 g/mol. The van der Waals surface area contributed by atoms with Gasteiger partial charge in [0.15, 0.2) is 12.4 Å². The highest BCUT2D eigenvalue weighted by Crippen LogP contribution is 2.10. The summed E-state index contributed by atoms with van der Waals surface area (Å²) in [6.45, 7) is 4.06. The third-order valence-electron chi connectivity index (χ3n) is 3.26. The van der Waals surface area contributed by atoms with Gasteiger partial charge in [0.25, 0.3) is 0 Å². The van der Waals surface area contributed by atoms with Gasteiger partial charge in [-0.2, -0.15) is 5.01 Å². The number of hydrogen-bond donors (Lipinski definition) is 0. The summed E-state index contributed by atoms with van der Waals surface area (Å²) in [4.78, 5) is 6.73. The van der Waals surface area contributed by atoms with Crippen molar-refractivity contribution in [1.82, 2.24) is 4.98 Å². The zero-order chi connectivity index (χ0) is 12.2. The van der Waals surface area contributed by atoms with Gasteiger partial charge in [-0.3, -0.25) is 0 Å². The fourth-order valence-electron chi connectivity index (χ4n) is 2.27. The second-order valence-electron chi connectivity index (χ2n) is 4.38. The maximum absolute atomic E-state index is 4.40. The van der Waals surface area contributed by atoms with Gasteiger partial charge in [-0.05, 0) is 12.1 Å². The molecule has 0 aliphatic carbocycles. The van der Waals surface area contributed by atoms with E-state index in [4.69, 9.17) is 0 Å². The van der Waals surface area contributed by atoms with Crippen LogP contribution in [0.4, 0.5) is 5.82 Å². The van der Waals surface area contributed by atoms with Crippen molar-refractivity contribution >= 4 is 5.82 Å². The van der Waals surface area contributed by atoms with Gasteiger partial charge in [-0.25, -0.2) is 4.98 Å². The lowest BCUT2D eigenvalue weighted by atomic mass is 10.3. The summed E-state index contributed by atoms with van der Waals surface area (Å²) in [6.07, 6.45) is 6.04. The minimum Gasteiger partial charge on any atom is -0.353 e. The Bertz CT molecular complexity index is 430. The molecule has 2 aromatic rings. The van der Waals surface area contributed by atoms with Crippen molar-refractivity contribution in [3.05, 3.63) is 55.0 Å². The highest BCUT2D eigenvalue weighted by molar-refractivity contribution is 5.38. The standard InChI is InChI=1S/C14H17N4/c1-4-8-17(9-5-1)18-12-10-16(11-13-18)14-6-2-3-7-15-14/h1-9H,10-13H2/q+1. The van der Waals surface area contributed by atoms with Gasteiger partial charge in [-0.15, -0.1) is 0 Å². The van der Waals surface area contributed by atoms with E-state index in [2.05, 4.69) is 50.2 Å². The van der Waals surface area contributed by atoms with E-state index in [-0.39, 0.29) is 0 Å². The lowest BCUT2D eigenvalue weighted by Gasteiger charge is -2.32. The normalized spacial score (nSPS) is 15.8. The van der Waals surface area contributed by atoms with Gasteiger partial charge >= 0.3 is 0 Å². The number of piperazine rings is 1. The van der Waals surface area contributed by atoms with Crippen LogP contribution in [0.5, 0.6) is 0 Å². The minimum absolute atomic E-state index is 1.01. The first-order valence-electron chi connectivity index (χ1n) is 6.31. The molecule has 18 heavy (non-hydrogen) atoms. The molecule has 1 aliphatic heterocycles. The van der Waals surface area contributed by atoms with Gasteiger partial charge in [0.05, 0.1) is 13.1 Å². The molecule has 0 radical (unpaired) electrons. The van der Waals surface area contributed by atoms with Crippen molar-refractivity contribution in [3.63, 3.8) is 0 Å². The van der Waals surface area contributed by atoms with Crippen LogP contribution >= 0.6 is 0 Å². The van der Waals surface area contributed by atoms with Crippen molar-refractivity contribution < 1.29 is 4.68 Å². The summed E-state index contributed by atoms with van der Waals surface area (Å²) in [5.41, 5.74) is 0. The summed E-state index contributed by atoms with van der Waals surface area (Å²) in [5, 5.41) is 2.35. The summed E-state index contributed by atoms with van der Waals surface area (Å²) in [7, 11) is 0. The minimum atomic E-state index is 1.01. The molecule has 0 aromatic carbocycles. The SMILES string of the molecule is c1cc[n+](N2CCN(c3ccccn3)CC2)cc1. The third kappa shape index (κ3) is 2.27. The number of hydrogen-bond acceptors (Lipinski definition) is 3. The first-order valence-corrected chi connectivity index (χ1v) is 6.31. The average Bonchev–Trinajstić information content (AvgIpc) is 2.49. The molecule has 0 bridgehead atoms. The first-order chi connectivity index (χ1) is 8.93. The second kappa shape index (κ2) is 5.04. The number of anilines is 1. The summed E-state index contributed by atoms with van der Waals surface area (Å²) in [5.74, 6) is 1.08. The van der Waals surface area contributed by atoms with Crippen molar-refractivity contribution in [1.29, 1.82) is 0 Å². The maximum Gasteiger partial charge on any atom is 0.199 e. The molecule has 3 heterocycles. The van der Waals surface area contributed by atoms with E-state index in [0.29, 0.717) is 0 Å². The smallest absolute Gasteiger partial charge is 0.199 e. The highest BCUT2D eigenvalue weighted by Gasteiger charge is 2.21. The van der Waals surface area contributed by atoms with Crippen LogP contribution in [-0.2, 0) is 0 Å². The van der Waals surface area contributed by atoms with E-state index in [9.17, 15) is 0 Å². The van der Waals surface area contributed by atoms with E-state index in [1.807, 2.05) is 24.4 Å². The van der Waals surface area contributed by atoms with Gasteiger partial charge in [0.1, 0.15) is 5.82 Å². The molecule has 1 fully saturated rings. The molecule has 0 spiro atoms. The summed E-state index contributed by atoms with van der Waals surface area (Å²) >= 11 is 0. The van der Waals surface area contributed by atoms with Crippen molar-refractivity contribution in [3.8, 4) is 0 Å². The predicted molar refractivity (Wildman–Crippen MR) is 71.0 cm³/mol. The molecule has 92 valence electrons. The Hall–Kier alpha value is -2.10. The Morgan fingerprint density at radius 2 is 1.67 bits per heavy atom. The predicted octanol–water partition coefficient (Wildman–Crippen LogP) is 0.827. The fourth-order valence-corrected chi connectivity index (χ4v) is 2.27. The molecule has 0 saturated carbocycles. The lowest BCUT2D eigenvalue weighted by molar-refractivity contribution is -0.693. The Morgan fingerprint density at radius 3 is 2.33 bits per heavy atom. The van der Waals surface area contributed by atoms with Crippen LogP contribution < -0.4 is 14.6 Å². The van der Waals surface area contributed by atoms with Crippen LogP contribution in [0.15, 0.2) is 55.0 Å². The molecule has 3 rings (SSSR count). The number of rotatable bonds is 2. The second-order valence-corrected chi connectivity index (χ2v) is 4.38. The molecule has 0 atom stereocenters. The van der Waals surface area contributed by atoms with E-state index in [0.717, 1.165) is 32.0 Å². The highest BCUT2D eigenvalue weighted by atomic mass is 15.6. The Balaban J connectivity index is 1.65. The molecule has 0 unspecified atom stereocenters. The van der Waals surface area contributed by atoms with Gasteiger partial charge in [0, 0.05) is 31.4 Å². The van der Waals surface area contributed by atoms with Crippen LogP contribution in [-0.4, -0.2) is 31.2 Å². The first kappa shape index (κ1) is 11.0. The molecule has 2 aromatic heterocycles. The van der Waals surface area contributed by atoms with Gasteiger partial charge < -0.3 is 4.90 Å². The van der Waals surface area contributed by atoms with Crippen molar-refractivity contribution in [2.75, 3.05) is 36.1 Å². The molecule has 1 saturated heterocycles. The topological polar surface area (TPSA) is 23.2 Å². The van der Waals surface area contributed by atoms with E-state index < -0.39 is 0 Å². The average molecular weight is 241 g/mol. The van der Waals surface area contributed by atoms with Crippen LogP contribution in [0.3, 0.4) is 0 Å². The largest absolute Gasteiger partial charge is 0.353 e. The zero-order valence-corrected chi connectivity index (χ0v) is 10.3. The quantitative estimate of drug-likeness (QED) is 0.727. The van der Waals surface area contributed by atoms with Crippen molar-refractivity contribution in [2.45, 2.75) is 0 Å². The molecule has 1 aliphatic rings. The van der Waals surface area contributed by atoms with Gasteiger partial charge in [0.2, 0.25) is 0 Å². The zero-order valence-electron chi connectivity index (χ0n) is 10.3. The Labute approximate surface area is 107 Å². The molecule has 4 heteroatoms. The fraction of sp³-hybridized carbons (Fsp3) is 0.286. The third-order valence-corrected chi connectivity index (χ3v) is 3.26. The van der Waals surface area contributed by atoms with Crippen LogP contribution in [0.2, 0.25) is 0 Å². The van der Waals surface area contributed by atoms with Gasteiger partial charge in [-0.1, -0.05) is 16.8 Å². The molecule has 0 amide bonds. The number of aromatic nitrogens is 2. The summed E-state index contributed by atoms with van der Waals surface area (Å²) < 4.78 is 2.16. The summed E-state index contributed by atoms with van der Waals surface area (Å²) in [6, 6.07) is 12.2. The van der Waals surface area contributed by atoms with Crippen LogP contribution in [0.25, 0.3) is 0 Å². The molecular formula is C14H17N4+. The monoisotopic (exact) mass is 241 g/mol. The Morgan fingerprint density at radius 1 is 0.889 bits per heavy atom. The number of pyridine rings is 2. The number of nitrogens with zero attached hydrogens (tertiary/aromatic N) is 4. The van der Waals surface area contributed by atoms with Crippen molar-refractivity contribution in [2.24, 2.45) is 0 Å². The molecule has 0 N–H and O–H groups in total. The van der Waals surface area contributed by atoms with Crippen LogP contribution in [0.1, 0.15) is 0 Å². The van der Waals surface area contributed by atoms with E-state index >= 15 is 0 Å².